The maximum absolute atomic E-state index is 13.3. The van der Waals surface area contributed by atoms with Crippen molar-refractivity contribution in [2.45, 2.75) is 240 Å². The van der Waals surface area contributed by atoms with E-state index in [1.54, 1.807) is 0 Å². The first-order valence-electron chi connectivity index (χ1n) is 20.8. The van der Waals surface area contributed by atoms with Crippen LogP contribution in [0.4, 0.5) is 0 Å². The quantitative estimate of drug-likeness (QED) is 0.0628. The molecule has 274 valence electrons. The van der Waals surface area contributed by atoms with Crippen molar-refractivity contribution in [1.29, 1.82) is 0 Å². The minimum absolute atomic E-state index is 0.0616. The third-order valence-corrected chi connectivity index (χ3v) is 10.7. The molecule has 0 N–H and O–H groups in total. The number of carbonyl (C=O) groups excluding carboxylic acids is 2. The molecule has 0 fully saturated rings. The molecule has 0 spiro atoms. The molecule has 0 amide bonds. The molecule has 0 radical (unpaired) electrons. The van der Waals surface area contributed by atoms with E-state index in [0.29, 0.717) is 37.5 Å². The van der Waals surface area contributed by atoms with Crippen molar-refractivity contribution in [2.75, 3.05) is 0 Å². The molecule has 0 aromatic heterocycles. The van der Waals surface area contributed by atoms with E-state index in [2.05, 4.69) is 27.7 Å². The summed E-state index contributed by atoms with van der Waals surface area (Å²) in [6, 6.07) is 0. The summed E-state index contributed by atoms with van der Waals surface area (Å²) in [5.41, 5.74) is -0.931. The van der Waals surface area contributed by atoms with Gasteiger partial charge in [-0.15, -0.1) is 0 Å². The molecule has 0 aromatic rings. The average molecular weight is 649 g/mol. The van der Waals surface area contributed by atoms with Crippen LogP contribution < -0.4 is 10.2 Å². The van der Waals surface area contributed by atoms with Crippen LogP contribution in [-0.4, -0.2) is 11.9 Å². The Morgan fingerprint density at radius 1 is 0.435 bits per heavy atom. The number of hydrogen-bond acceptors (Lipinski definition) is 4. The third kappa shape index (κ3) is 26.0. The number of carboxylic acid groups (broad SMARTS) is 2. The van der Waals surface area contributed by atoms with Gasteiger partial charge in [0.2, 0.25) is 0 Å². The van der Waals surface area contributed by atoms with Crippen LogP contribution in [0, 0.1) is 17.3 Å². The second kappa shape index (κ2) is 32.5. The number of unbranched alkanes of at least 4 members (excludes halogenated alkanes) is 20. The Labute approximate surface area is 288 Å². The smallest absolute Gasteiger partial charge is 0.0476 e. The van der Waals surface area contributed by atoms with Crippen molar-refractivity contribution in [3.63, 3.8) is 0 Å². The maximum Gasteiger partial charge on any atom is 0.0476 e. The monoisotopic (exact) mass is 649 g/mol. The van der Waals surface area contributed by atoms with Crippen LogP contribution >= 0.6 is 0 Å². The van der Waals surface area contributed by atoms with E-state index in [9.17, 15) is 19.8 Å². The van der Waals surface area contributed by atoms with Crippen LogP contribution in [0.25, 0.3) is 0 Å². The highest BCUT2D eigenvalue weighted by molar-refractivity contribution is 5.72. The van der Waals surface area contributed by atoms with Crippen molar-refractivity contribution < 1.29 is 19.8 Å². The van der Waals surface area contributed by atoms with Gasteiger partial charge in [-0.2, -0.15) is 0 Å². The molecule has 4 heteroatoms. The van der Waals surface area contributed by atoms with Crippen LogP contribution in [-0.2, 0) is 9.59 Å². The summed E-state index contributed by atoms with van der Waals surface area (Å²) in [5.74, 6) is -1.24. The molecule has 0 aliphatic carbocycles. The first-order chi connectivity index (χ1) is 22.3. The molecule has 0 aromatic carbocycles. The van der Waals surface area contributed by atoms with Gasteiger partial charge in [0.25, 0.3) is 0 Å². The largest absolute Gasteiger partial charge is 0.550 e. The van der Waals surface area contributed by atoms with E-state index < -0.39 is 17.4 Å². The second-order valence-electron chi connectivity index (χ2n) is 15.2. The summed E-state index contributed by atoms with van der Waals surface area (Å²) in [7, 11) is 0. The highest BCUT2D eigenvalue weighted by Gasteiger charge is 2.36. The van der Waals surface area contributed by atoms with Gasteiger partial charge in [-0.05, 0) is 43.9 Å². The third-order valence-electron chi connectivity index (χ3n) is 10.7. The Kier molecular flexibility index (Phi) is 31.7. The topological polar surface area (TPSA) is 80.3 Å². The fourth-order valence-electron chi connectivity index (χ4n) is 7.78. The summed E-state index contributed by atoms with van der Waals surface area (Å²) in [6.45, 7) is 9.01. The highest BCUT2D eigenvalue weighted by atomic mass is 16.4. The Morgan fingerprint density at radius 3 is 0.978 bits per heavy atom. The number of carboxylic acids is 2. The summed E-state index contributed by atoms with van der Waals surface area (Å²) in [4.78, 5) is 24.7. The van der Waals surface area contributed by atoms with Gasteiger partial charge in [0.15, 0.2) is 0 Å². The molecule has 0 aliphatic heterocycles. The van der Waals surface area contributed by atoms with Gasteiger partial charge in [0.1, 0.15) is 0 Å². The molecular formula is C42H80O4-2. The minimum Gasteiger partial charge on any atom is -0.550 e. The van der Waals surface area contributed by atoms with Crippen LogP contribution in [0.15, 0.2) is 0 Å². The Hall–Kier alpha value is -1.06. The Bertz CT molecular complexity index is 637. The maximum atomic E-state index is 13.3. The number of rotatable bonds is 37. The molecule has 0 aliphatic rings. The molecule has 2 atom stereocenters. The van der Waals surface area contributed by atoms with Gasteiger partial charge in [-0.1, -0.05) is 207 Å². The summed E-state index contributed by atoms with van der Waals surface area (Å²) in [5, 5.41) is 24.7. The second-order valence-corrected chi connectivity index (χ2v) is 15.2. The lowest BCUT2D eigenvalue weighted by atomic mass is 9.67. The van der Waals surface area contributed by atoms with E-state index in [-0.39, 0.29) is 6.42 Å². The fourth-order valence-corrected chi connectivity index (χ4v) is 7.78. The van der Waals surface area contributed by atoms with Gasteiger partial charge in [0.05, 0.1) is 0 Å². The lowest BCUT2D eigenvalue weighted by molar-refractivity contribution is -0.322. The van der Waals surface area contributed by atoms with Gasteiger partial charge in [-0.3, -0.25) is 0 Å². The molecule has 0 rings (SSSR count). The summed E-state index contributed by atoms with van der Waals surface area (Å²) < 4.78 is 0. The minimum atomic E-state index is -1.07. The normalized spacial score (nSPS) is 14.3. The molecule has 4 nitrogen and oxygen atoms in total. The number of aliphatic carboxylic acids is 2. The van der Waals surface area contributed by atoms with Crippen molar-refractivity contribution in [2.24, 2.45) is 17.3 Å². The molecule has 46 heavy (non-hydrogen) atoms. The van der Waals surface area contributed by atoms with Crippen LogP contribution in [0.5, 0.6) is 0 Å². The fraction of sp³-hybridized carbons (Fsp3) is 0.952. The highest BCUT2D eigenvalue weighted by Crippen LogP contribution is 2.43. The van der Waals surface area contributed by atoms with Crippen molar-refractivity contribution >= 4 is 11.9 Å². The average Bonchev–Trinajstić information content (AvgIpc) is 3.02. The molecule has 2 unspecified atom stereocenters. The first-order valence-corrected chi connectivity index (χ1v) is 20.8. The van der Waals surface area contributed by atoms with Crippen molar-refractivity contribution in [1.82, 2.24) is 0 Å². The molecule has 0 saturated carbocycles. The first kappa shape index (κ1) is 44.9. The van der Waals surface area contributed by atoms with E-state index in [1.165, 1.54) is 154 Å². The zero-order valence-corrected chi connectivity index (χ0v) is 31.6. The zero-order valence-electron chi connectivity index (χ0n) is 31.6. The van der Waals surface area contributed by atoms with E-state index in [0.717, 1.165) is 25.7 Å². The van der Waals surface area contributed by atoms with E-state index >= 15 is 0 Å². The summed E-state index contributed by atoms with van der Waals surface area (Å²) in [6.07, 6.45) is 36.5. The van der Waals surface area contributed by atoms with Crippen LogP contribution in [0.2, 0.25) is 0 Å². The molecule has 0 saturated heterocycles. The molecule has 0 bridgehead atoms. The number of hydrogen-bond donors (Lipinski definition) is 0. The molecule has 0 heterocycles. The van der Waals surface area contributed by atoms with Gasteiger partial charge < -0.3 is 19.8 Å². The van der Waals surface area contributed by atoms with E-state index in [4.69, 9.17) is 0 Å². The van der Waals surface area contributed by atoms with Gasteiger partial charge >= 0.3 is 0 Å². The SMILES string of the molecule is CCCCCCCCCC(CCCCCCC)CC(CCCC(=O)[O-])(CC(CCCCCCC)CCCCCCCCC)C(=O)[O-]. The predicted molar refractivity (Wildman–Crippen MR) is 194 cm³/mol. The van der Waals surface area contributed by atoms with Gasteiger partial charge in [0, 0.05) is 17.4 Å². The zero-order chi connectivity index (χ0) is 34.1. The van der Waals surface area contributed by atoms with Crippen LogP contribution in [0.3, 0.4) is 0 Å². The predicted octanol–water partition coefficient (Wildman–Crippen LogP) is 11.7. The lowest BCUT2D eigenvalue weighted by Gasteiger charge is -2.41. The Balaban J connectivity index is 5.79. The lowest BCUT2D eigenvalue weighted by Crippen LogP contribution is -2.45. The van der Waals surface area contributed by atoms with Crippen molar-refractivity contribution in [3.8, 4) is 0 Å². The summed E-state index contributed by atoms with van der Waals surface area (Å²) >= 11 is 0. The van der Waals surface area contributed by atoms with Gasteiger partial charge in [-0.25, -0.2) is 0 Å². The van der Waals surface area contributed by atoms with Crippen LogP contribution in [0.1, 0.15) is 240 Å². The van der Waals surface area contributed by atoms with E-state index in [1.807, 2.05) is 0 Å². The standard InChI is InChI=1S/C42H82O4/c1-5-9-13-17-19-23-27-32-38(30-25-21-15-11-7-3)36-42(41(45)46,35-29-34-40(43)44)37-39(31-26-22-16-12-8-4)33-28-24-20-18-14-10-6-2/h38-39H,5-37H2,1-4H3,(H,43,44)(H,45,46)/p-2. The molecular weight excluding hydrogens is 568 g/mol. The Morgan fingerprint density at radius 2 is 0.717 bits per heavy atom. The van der Waals surface area contributed by atoms with Crippen molar-refractivity contribution in [3.05, 3.63) is 0 Å². The number of carbonyl (C=O) groups is 2.